The Morgan fingerprint density at radius 2 is 2.11 bits per heavy atom. The second kappa shape index (κ2) is 7.28. The molecule has 4 rings (SSSR count). The highest BCUT2D eigenvalue weighted by Gasteiger charge is 2.43. The summed E-state index contributed by atoms with van der Waals surface area (Å²) in [5, 5.41) is 4.02. The van der Waals surface area contributed by atoms with Gasteiger partial charge in [0.2, 0.25) is 5.91 Å². The lowest BCUT2D eigenvalue weighted by molar-refractivity contribution is -0.117. The molecule has 28 heavy (non-hydrogen) atoms. The van der Waals surface area contributed by atoms with Crippen molar-refractivity contribution >= 4 is 22.6 Å². The number of aryl methyl sites for hydroxylation is 1. The lowest BCUT2D eigenvalue weighted by atomic mass is 10.1. The lowest BCUT2D eigenvalue weighted by Gasteiger charge is -2.09. The molecule has 2 unspecified atom stereocenters. The summed E-state index contributed by atoms with van der Waals surface area (Å²) in [6, 6.07) is 12.0. The number of ether oxygens (including phenoxy) is 1. The molecular weight excluding hydrogens is 352 g/mol. The Balaban J connectivity index is 1.58. The third-order valence-corrected chi connectivity index (χ3v) is 5.42. The maximum Gasteiger partial charge on any atom is 0.228 e. The normalized spacial score (nSPS) is 18.5. The minimum absolute atomic E-state index is 0.0691. The van der Waals surface area contributed by atoms with Crippen molar-refractivity contribution in [1.82, 2.24) is 14.5 Å². The van der Waals surface area contributed by atoms with Gasteiger partial charge >= 0.3 is 0 Å². The molecule has 2 atom stereocenters. The number of benzene rings is 1. The minimum atomic E-state index is 0.0691. The largest absolute Gasteiger partial charge is 0.496 e. The molecule has 146 valence electrons. The zero-order valence-electron chi connectivity index (χ0n) is 16.8. The van der Waals surface area contributed by atoms with E-state index < -0.39 is 0 Å². The van der Waals surface area contributed by atoms with Crippen molar-refractivity contribution < 1.29 is 9.53 Å². The molecule has 1 fully saturated rings. The molecule has 0 spiro atoms. The van der Waals surface area contributed by atoms with Gasteiger partial charge in [-0.2, -0.15) is 0 Å². The highest BCUT2D eigenvalue weighted by Crippen LogP contribution is 2.40. The third kappa shape index (κ3) is 3.47. The van der Waals surface area contributed by atoms with Gasteiger partial charge in [-0.3, -0.25) is 4.79 Å². The van der Waals surface area contributed by atoms with Crippen LogP contribution in [0.4, 0.5) is 5.82 Å². The van der Waals surface area contributed by atoms with E-state index in [2.05, 4.69) is 25.8 Å². The molecule has 1 N–H and O–H groups in total. The van der Waals surface area contributed by atoms with Crippen molar-refractivity contribution in [3.05, 3.63) is 42.6 Å². The molecule has 6 nitrogen and oxygen atoms in total. The van der Waals surface area contributed by atoms with Gasteiger partial charge in [0.25, 0.3) is 0 Å². The number of hydrogen-bond donors (Lipinski definition) is 1. The average molecular weight is 378 g/mol. The van der Waals surface area contributed by atoms with Gasteiger partial charge < -0.3 is 19.5 Å². The minimum Gasteiger partial charge on any atom is -0.496 e. The van der Waals surface area contributed by atoms with Crippen molar-refractivity contribution in [2.24, 2.45) is 18.9 Å². The number of nitrogens with zero attached hydrogens (tertiary/aromatic N) is 3. The van der Waals surface area contributed by atoms with E-state index in [1.165, 1.54) is 0 Å². The fraction of sp³-hybridized carbons (Fsp3) is 0.364. The SMILES string of the molecule is COc1ccccc1-c1cc2cc(NC(=O)C3CC3CN(C)C)ncc2n1C. The quantitative estimate of drug-likeness (QED) is 0.714. The van der Waals surface area contributed by atoms with Gasteiger partial charge in [-0.25, -0.2) is 4.98 Å². The van der Waals surface area contributed by atoms with Crippen LogP contribution in [0.3, 0.4) is 0 Å². The zero-order valence-corrected chi connectivity index (χ0v) is 16.8. The van der Waals surface area contributed by atoms with Crippen LogP contribution in [0.1, 0.15) is 6.42 Å². The number of nitrogens with one attached hydrogen (secondary N) is 1. The maximum absolute atomic E-state index is 12.5. The number of fused-ring (bicyclic) bond motifs is 1. The van der Waals surface area contributed by atoms with E-state index in [4.69, 9.17) is 4.74 Å². The summed E-state index contributed by atoms with van der Waals surface area (Å²) in [4.78, 5) is 19.1. The van der Waals surface area contributed by atoms with Gasteiger partial charge in [-0.05, 0) is 50.7 Å². The Morgan fingerprint density at radius 1 is 1.32 bits per heavy atom. The topological polar surface area (TPSA) is 59.4 Å². The van der Waals surface area contributed by atoms with Crippen LogP contribution in [0.5, 0.6) is 5.75 Å². The number of pyridine rings is 1. The first-order valence-corrected chi connectivity index (χ1v) is 9.52. The van der Waals surface area contributed by atoms with Gasteiger partial charge in [0.05, 0.1) is 24.5 Å². The van der Waals surface area contributed by atoms with Crippen LogP contribution in [0.2, 0.25) is 0 Å². The summed E-state index contributed by atoms with van der Waals surface area (Å²) in [5.41, 5.74) is 3.08. The van der Waals surface area contributed by atoms with Crippen LogP contribution in [0, 0.1) is 11.8 Å². The van der Waals surface area contributed by atoms with Crippen molar-refractivity contribution in [3.63, 3.8) is 0 Å². The molecule has 1 aliphatic carbocycles. The first kappa shape index (κ1) is 18.5. The summed E-state index contributed by atoms with van der Waals surface area (Å²) in [6.45, 7) is 0.950. The van der Waals surface area contributed by atoms with Crippen LogP contribution in [-0.2, 0) is 11.8 Å². The van der Waals surface area contributed by atoms with Gasteiger partial charge in [-0.1, -0.05) is 12.1 Å². The Kier molecular flexibility index (Phi) is 4.81. The second-order valence-electron chi connectivity index (χ2n) is 7.77. The van der Waals surface area contributed by atoms with E-state index in [0.29, 0.717) is 11.7 Å². The van der Waals surface area contributed by atoms with Crippen molar-refractivity contribution in [3.8, 4) is 17.0 Å². The van der Waals surface area contributed by atoms with Gasteiger partial charge in [0.1, 0.15) is 11.6 Å². The Morgan fingerprint density at radius 3 is 2.86 bits per heavy atom. The van der Waals surface area contributed by atoms with Gasteiger partial charge in [-0.15, -0.1) is 0 Å². The lowest BCUT2D eigenvalue weighted by Crippen LogP contribution is -2.20. The van der Waals surface area contributed by atoms with E-state index >= 15 is 0 Å². The van der Waals surface area contributed by atoms with Crippen molar-refractivity contribution in [1.29, 1.82) is 0 Å². The Bertz CT molecular complexity index is 1020. The summed E-state index contributed by atoms with van der Waals surface area (Å²) >= 11 is 0. The summed E-state index contributed by atoms with van der Waals surface area (Å²) < 4.78 is 7.61. The molecule has 3 aromatic rings. The van der Waals surface area contributed by atoms with Crippen LogP contribution in [0.25, 0.3) is 22.2 Å². The fourth-order valence-corrected chi connectivity index (χ4v) is 3.87. The van der Waals surface area contributed by atoms with Crippen LogP contribution >= 0.6 is 0 Å². The molecule has 1 saturated carbocycles. The zero-order chi connectivity index (χ0) is 19.8. The predicted molar refractivity (Wildman–Crippen MR) is 111 cm³/mol. The average Bonchev–Trinajstić information content (AvgIpc) is 3.36. The first-order valence-electron chi connectivity index (χ1n) is 9.52. The molecule has 0 saturated heterocycles. The monoisotopic (exact) mass is 378 g/mol. The van der Waals surface area contributed by atoms with Crippen molar-refractivity contribution in [2.75, 3.05) is 33.1 Å². The number of para-hydroxylation sites is 1. The fourth-order valence-electron chi connectivity index (χ4n) is 3.87. The molecule has 6 heteroatoms. The number of aromatic nitrogens is 2. The van der Waals surface area contributed by atoms with E-state index in [9.17, 15) is 4.79 Å². The number of amides is 1. The van der Waals surface area contributed by atoms with E-state index in [-0.39, 0.29) is 11.8 Å². The molecular formula is C22H26N4O2. The summed E-state index contributed by atoms with van der Waals surface area (Å²) in [7, 11) is 7.77. The first-order chi connectivity index (χ1) is 13.5. The number of hydrogen-bond acceptors (Lipinski definition) is 4. The molecule has 0 radical (unpaired) electrons. The Labute approximate surface area is 165 Å². The third-order valence-electron chi connectivity index (χ3n) is 5.42. The van der Waals surface area contributed by atoms with Crippen LogP contribution in [-0.4, -0.2) is 48.1 Å². The molecule has 0 bridgehead atoms. The number of carbonyl (C=O) groups excluding carboxylic acids is 1. The van der Waals surface area contributed by atoms with E-state index in [1.54, 1.807) is 7.11 Å². The molecule has 1 aromatic carbocycles. The highest BCUT2D eigenvalue weighted by atomic mass is 16.5. The number of rotatable bonds is 6. The molecule has 2 heterocycles. The molecule has 1 aliphatic rings. The number of anilines is 1. The highest BCUT2D eigenvalue weighted by molar-refractivity contribution is 5.96. The van der Waals surface area contributed by atoms with Gasteiger partial charge in [0.15, 0.2) is 0 Å². The summed E-state index contributed by atoms with van der Waals surface area (Å²) in [6.07, 6.45) is 2.77. The standard InChI is InChI=1S/C22H26N4O2/c1-25(2)13-15-9-17(15)22(27)24-21-11-14-10-18(26(3)19(14)12-23-21)16-7-5-6-8-20(16)28-4/h5-8,10-12,15,17H,9,13H2,1-4H3,(H,23,24,27). The summed E-state index contributed by atoms with van der Waals surface area (Å²) in [5.74, 6) is 2.05. The molecule has 0 aliphatic heterocycles. The van der Waals surface area contributed by atoms with Crippen molar-refractivity contribution in [2.45, 2.75) is 6.42 Å². The van der Waals surface area contributed by atoms with Crippen LogP contribution < -0.4 is 10.1 Å². The molecule has 2 aromatic heterocycles. The maximum atomic E-state index is 12.5. The van der Waals surface area contributed by atoms with Crippen LogP contribution in [0.15, 0.2) is 42.6 Å². The van der Waals surface area contributed by atoms with Gasteiger partial charge in [0, 0.05) is 30.5 Å². The number of methoxy groups -OCH3 is 1. The Hall–Kier alpha value is -2.86. The molecule has 1 amide bonds. The second-order valence-corrected chi connectivity index (χ2v) is 7.77. The number of carbonyl (C=O) groups is 1. The predicted octanol–water partition coefficient (Wildman–Crippen LogP) is 3.39. The van der Waals surface area contributed by atoms with E-state index in [0.717, 1.165) is 40.9 Å². The van der Waals surface area contributed by atoms with E-state index in [1.807, 2.05) is 57.7 Å². The smallest absolute Gasteiger partial charge is 0.228 e.